The summed E-state index contributed by atoms with van der Waals surface area (Å²) in [4.78, 5) is 32.2. The maximum atomic E-state index is 13.4. The molecule has 2 aromatic heterocycles. The number of anilines is 1. The first-order chi connectivity index (χ1) is 14.5. The summed E-state index contributed by atoms with van der Waals surface area (Å²) in [6.07, 6.45) is 1.47. The van der Waals surface area contributed by atoms with Crippen molar-refractivity contribution in [1.82, 2.24) is 14.8 Å². The molecule has 4 aromatic rings. The maximum Gasteiger partial charge on any atom is 0.267 e. The lowest BCUT2D eigenvalue weighted by atomic mass is 10.0. The fourth-order valence-electron chi connectivity index (χ4n) is 3.88. The van der Waals surface area contributed by atoms with Crippen LogP contribution in [0.25, 0.3) is 22.3 Å². The molecule has 0 saturated heterocycles. The number of fused-ring (bicyclic) bond motifs is 3. The van der Waals surface area contributed by atoms with Crippen LogP contribution in [0.2, 0.25) is 0 Å². The number of benzene rings is 2. The Kier molecular flexibility index (Phi) is 3.92. The minimum atomic E-state index is -0.375. The number of aryl methyl sites for hydroxylation is 2. The quantitative estimate of drug-likeness (QED) is 0.491. The zero-order valence-corrected chi connectivity index (χ0v) is 16.7. The van der Waals surface area contributed by atoms with Crippen LogP contribution < -0.4 is 9.64 Å². The molecule has 5 rings (SSSR count). The fraction of sp³-hybridized carbons (Fsp3) is 0.130. The van der Waals surface area contributed by atoms with Crippen molar-refractivity contribution in [2.45, 2.75) is 6.92 Å². The van der Waals surface area contributed by atoms with Gasteiger partial charge in [0.05, 0.1) is 29.3 Å². The van der Waals surface area contributed by atoms with Crippen molar-refractivity contribution in [2.24, 2.45) is 7.05 Å². The molecule has 0 spiro atoms. The summed E-state index contributed by atoms with van der Waals surface area (Å²) < 4.78 is 6.86. The molecule has 0 unspecified atom stereocenters. The Bertz CT molecular complexity index is 1340. The van der Waals surface area contributed by atoms with Crippen molar-refractivity contribution >= 4 is 28.5 Å². The molecule has 0 N–H and O–H groups in total. The number of aromatic nitrogens is 3. The van der Waals surface area contributed by atoms with Gasteiger partial charge in [0.2, 0.25) is 0 Å². The lowest BCUT2D eigenvalue weighted by Crippen LogP contribution is -2.29. The van der Waals surface area contributed by atoms with Crippen LogP contribution in [0.1, 0.15) is 26.3 Å². The summed E-state index contributed by atoms with van der Waals surface area (Å²) in [6.45, 7) is 1.92. The van der Waals surface area contributed by atoms with Gasteiger partial charge in [-0.05, 0) is 48.9 Å². The molecule has 2 amide bonds. The summed E-state index contributed by atoms with van der Waals surface area (Å²) in [6, 6.07) is 14.7. The number of rotatable bonds is 3. The Morgan fingerprint density at radius 2 is 1.77 bits per heavy atom. The average molecular weight is 398 g/mol. The van der Waals surface area contributed by atoms with Crippen molar-refractivity contribution in [3.8, 4) is 17.0 Å². The predicted molar refractivity (Wildman–Crippen MR) is 113 cm³/mol. The SMILES string of the molecule is COc1ccc(-c2nn(C)c3ncc4c(c23)C(=O)N(c2cccc(C)c2)C4=O)cc1. The van der Waals surface area contributed by atoms with E-state index in [1.54, 1.807) is 24.9 Å². The van der Waals surface area contributed by atoms with Gasteiger partial charge in [-0.25, -0.2) is 14.6 Å². The number of carbonyl (C=O) groups excluding carboxylic acids is 2. The molecule has 0 atom stereocenters. The van der Waals surface area contributed by atoms with Gasteiger partial charge >= 0.3 is 0 Å². The second-order valence-electron chi connectivity index (χ2n) is 7.23. The number of hydrogen-bond acceptors (Lipinski definition) is 5. The lowest BCUT2D eigenvalue weighted by Gasteiger charge is -2.14. The van der Waals surface area contributed by atoms with Crippen LogP contribution in [0.3, 0.4) is 0 Å². The van der Waals surface area contributed by atoms with Gasteiger partial charge in [-0.3, -0.25) is 9.59 Å². The lowest BCUT2D eigenvalue weighted by molar-refractivity contribution is 0.0926. The van der Waals surface area contributed by atoms with Gasteiger partial charge in [0, 0.05) is 18.8 Å². The third-order valence-corrected chi connectivity index (χ3v) is 5.33. The van der Waals surface area contributed by atoms with Crippen LogP contribution in [-0.4, -0.2) is 33.7 Å². The molecule has 0 bridgehead atoms. The first-order valence-electron chi connectivity index (χ1n) is 9.45. The van der Waals surface area contributed by atoms with Crippen LogP contribution in [0.4, 0.5) is 5.69 Å². The smallest absolute Gasteiger partial charge is 0.267 e. The predicted octanol–water partition coefficient (Wildman–Crippen LogP) is 3.75. The van der Waals surface area contributed by atoms with Crippen molar-refractivity contribution < 1.29 is 14.3 Å². The Morgan fingerprint density at radius 1 is 1.00 bits per heavy atom. The summed E-state index contributed by atoms with van der Waals surface area (Å²) in [5, 5.41) is 5.17. The highest BCUT2D eigenvalue weighted by Crippen LogP contribution is 2.37. The molecule has 0 radical (unpaired) electrons. The molecular formula is C23H18N4O3. The van der Waals surface area contributed by atoms with Gasteiger partial charge in [0.15, 0.2) is 5.65 Å². The highest BCUT2D eigenvalue weighted by molar-refractivity contribution is 6.38. The molecule has 0 fully saturated rings. The van der Waals surface area contributed by atoms with E-state index in [-0.39, 0.29) is 17.4 Å². The molecule has 7 nitrogen and oxygen atoms in total. The van der Waals surface area contributed by atoms with Crippen molar-refractivity contribution in [1.29, 1.82) is 0 Å². The standard InChI is InChI=1S/C23H18N4O3/c1-13-5-4-6-15(11-13)27-22(28)17-12-24-21-19(18(17)23(27)29)20(25-26(21)2)14-7-9-16(30-3)10-8-14/h4-12H,1-3H3. The number of pyridine rings is 1. The highest BCUT2D eigenvalue weighted by atomic mass is 16.5. The summed E-state index contributed by atoms with van der Waals surface area (Å²) >= 11 is 0. The number of nitrogens with zero attached hydrogens (tertiary/aromatic N) is 4. The number of methoxy groups -OCH3 is 1. The highest BCUT2D eigenvalue weighted by Gasteiger charge is 2.40. The minimum Gasteiger partial charge on any atom is -0.497 e. The molecule has 3 heterocycles. The van der Waals surface area contributed by atoms with E-state index >= 15 is 0 Å². The third kappa shape index (κ3) is 2.52. The van der Waals surface area contributed by atoms with Crippen molar-refractivity contribution in [3.05, 3.63) is 71.4 Å². The second kappa shape index (κ2) is 6.52. The average Bonchev–Trinajstić information content (AvgIpc) is 3.22. The van der Waals surface area contributed by atoms with Gasteiger partial charge in [0.25, 0.3) is 11.8 Å². The largest absolute Gasteiger partial charge is 0.497 e. The molecule has 1 aliphatic heterocycles. The summed E-state index contributed by atoms with van der Waals surface area (Å²) in [7, 11) is 3.38. The zero-order chi connectivity index (χ0) is 21.0. The van der Waals surface area contributed by atoms with Gasteiger partial charge in [-0.15, -0.1) is 0 Å². The van der Waals surface area contributed by atoms with E-state index in [4.69, 9.17) is 4.74 Å². The van der Waals surface area contributed by atoms with Gasteiger partial charge < -0.3 is 4.74 Å². The molecule has 30 heavy (non-hydrogen) atoms. The van der Waals surface area contributed by atoms with Gasteiger partial charge in [-0.1, -0.05) is 12.1 Å². The van der Waals surface area contributed by atoms with E-state index in [2.05, 4.69) is 10.1 Å². The summed E-state index contributed by atoms with van der Waals surface area (Å²) in [5.74, 6) is -0.0190. The maximum absolute atomic E-state index is 13.4. The third-order valence-electron chi connectivity index (χ3n) is 5.33. The van der Waals surface area contributed by atoms with Gasteiger partial charge in [0.1, 0.15) is 11.4 Å². The topological polar surface area (TPSA) is 77.3 Å². The number of hydrogen-bond donors (Lipinski definition) is 0. The Balaban J connectivity index is 1.74. The number of imide groups is 1. The van der Waals surface area contributed by atoms with E-state index in [9.17, 15) is 9.59 Å². The first kappa shape index (κ1) is 18.1. The molecule has 148 valence electrons. The van der Waals surface area contributed by atoms with E-state index in [1.807, 2.05) is 49.4 Å². The van der Waals surface area contributed by atoms with E-state index < -0.39 is 0 Å². The number of amides is 2. The van der Waals surface area contributed by atoms with E-state index in [0.717, 1.165) is 16.9 Å². The number of ether oxygens (including phenoxy) is 1. The fourth-order valence-corrected chi connectivity index (χ4v) is 3.88. The number of carbonyl (C=O) groups is 2. The van der Waals surface area contributed by atoms with Crippen molar-refractivity contribution in [2.75, 3.05) is 12.0 Å². The first-order valence-corrected chi connectivity index (χ1v) is 9.45. The minimum absolute atomic E-state index is 0.289. The molecular weight excluding hydrogens is 380 g/mol. The second-order valence-corrected chi connectivity index (χ2v) is 7.23. The van der Waals surface area contributed by atoms with Gasteiger partial charge in [-0.2, -0.15) is 5.10 Å². The van der Waals surface area contributed by atoms with Crippen molar-refractivity contribution in [3.63, 3.8) is 0 Å². The normalized spacial score (nSPS) is 13.2. The monoisotopic (exact) mass is 398 g/mol. The van der Waals surface area contributed by atoms with E-state index in [1.165, 1.54) is 11.1 Å². The molecule has 2 aromatic carbocycles. The Hall–Kier alpha value is -4.00. The van der Waals surface area contributed by atoms with Crippen LogP contribution >= 0.6 is 0 Å². The zero-order valence-electron chi connectivity index (χ0n) is 16.7. The molecule has 1 aliphatic rings. The van der Waals surface area contributed by atoms with Crippen LogP contribution in [0, 0.1) is 6.92 Å². The van der Waals surface area contributed by atoms with Crippen LogP contribution in [-0.2, 0) is 7.05 Å². The molecule has 0 saturated carbocycles. The molecule has 0 aliphatic carbocycles. The summed E-state index contributed by atoms with van der Waals surface area (Å²) in [5.41, 5.74) is 4.10. The Morgan fingerprint density at radius 3 is 2.47 bits per heavy atom. The van der Waals surface area contributed by atoms with E-state index in [0.29, 0.717) is 28.0 Å². The molecule has 7 heteroatoms. The van der Waals surface area contributed by atoms with Crippen LogP contribution in [0.15, 0.2) is 54.7 Å². The Labute approximate surface area is 172 Å². The van der Waals surface area contributed by atoms with Crippen LogP contribution in [0.5, 0.6) is 5.75 Å².